The van der Waals surface area contributed by atoms with Crippen LogP contribution in [0.2, 0.25) is 0 Å². The Morgan fingerprint density at radius 3 is 2.59 bits per heavy atom. The van der Waals surface area contributed by atoms with Crippen LogP contribution in [0.4, 0.5) is 5.95 Å². The fraction of sp³-hybridized carbons (Fsp3) is 0.421. The quantitative estimate of drug-likeness (QED) is 0.868. The number of aliphatic carboxylic acids is 1. The number of rotatable bonds is 4. The molecule has 8 heteroatoms. The number of ether oxygens (including phenoxy) is 2. The van der Waals surface area contributed by atoms with Crippen LogP contribution >= 0.6 is 0 Å². The number of carboxylic acids is 1. The summed E-state index contributed by atoms with van der Waals surface area (Å²) in [6.45, 7) is 3.77. The molecule has 0 amide bonds. The Bertz CT molecular complexity index is 802. The number of aromatic nitrogens is 2. The zero-order valence-electron chi connectivity index (χ0n) is 15.0. The van der Waals surface area contributed by atoms with E-state index in [0.29, 0.717) is 55.9 Å². The molecule has 0 aliphatic carbocycles. The van der Waals surface area contributed by atoms with E-state index in [1.807, 2.05) is 11.0 Å². The summed E-state index contributed by atoms with van der Waals surface area (Å²) in [5, 5.41) is 9.91. The third-order valence-corrected chi connectivity index (χ3v) is 4.85. The molecule has 2 aliphatic heterocycles. The topological polar surface area (TPSA) is 88.0 Å². The van der Waals surface area contributed by atoms with E-state index in [0.717, 1.165) is 13.0 Å². The minimum atomic E-state index is -0.865. The highest BCUT2D eigenvalue weighted by Gasteiger charge is 2.30. The first-order chi connectivity index (χ1) is 13.2. The van der Waals surface area contributed by atoms with Gasteiger partial charge >= 0.3 is 5.97 Å². The maximum atomic E-state index is 12.1. The van der Waals surface area contributed by atoms with Crippen LogP contribution in [-0.2, 0) is 4.79 Å². The molecule has 1 aromatic heterocycles. The van der Waals surface area contributed by atoms with Crippen molar-refractivity contribution in [2.45, 2.75) is 12.5 Å². The standard InChI is InChI=1S/C19H22N4O4/c24-18(25)17(14-3-4-15-16(13-14)27-12-11-26-15)22-7-2-8-23(10-9-22)19-20-5-1-6-21-19/h1,3-6,13,17H,2,7-12H2,(H,24,25)/t17-/m0/s1. The minimum absolute atomic E-state index is 0.476. The van der Waals surface area contributed by atoms with E-state index in [1.54, 1.807) is 30.6 Å². The third kappa shape index (κ3) is 3.80. The van der Waals surface area contributed by atoms with E-state index in [1.165, 1.54) is 0 Å². The molecule has 2 aromatic rings. The maximum absolute atomic E-state index is 12.1. The molecule has 1 saturated heterocycles. The monoisotopic (exact) mass is 370 g/mol. The van der Waals surface area contributed by atoms with Crippen molar-refractivity contribution in [1.29, 1.82) is 0 Å². The van der Waals surface area contributed by atoms with Gasteiger partial charge in [0.05, 0.1) is 0 Å². The Labute approximate surface area is 157 Å². The summed E-state index contributed by atoms with van der Waals surface area (Å²) in [6, 6.07) is 6.46. The number of fused-ring (bicyclic) bond motifs is 1. The zero-order chi connectivity index (χ0) is 18.6. The number of hydrogen-bond acceptors (Lipinski definition) is 7. The minimum Gasteiger partial charge on any atom is -0.486 e. The van der Waals surface area contributed by atoms with E-state index in [-0.39, 0.29) is 0 Å². The first kappa shape index (κ1) is 17.5. The molecule has 0 radical (unpaired) electrons. The van der Waals surface area contributed by atoms with Gasteiger partial charge < -0.3 is 19.5 Å². The van der Waals surface area contributed by atoms with Crippen LogP contribution in [0.3, 0.4) is 0 Å². The van der Waals surface area contributed by atoms with Gasteiger partial charge in [-0.15, -0.1) is 0 Å². The van der Waals surface area contributed by atoms with Gasteiger partial charge in [0.1, 0.15) is 19.3 Å². The largest absolute Gasteiger partial charge is 0.486 e. The molecule has 0 unspecified atom stereocenters. The first-order valence-corrected chi connectivity index (χ1v) is 9.11. The lowest BCUT2D eigenvalue weighted by Gasteiger charge is -2.29. The van der Waals surface area contributed by atoms with Crippen molar-refractivity contribution in [3.63, 3.8) is 0 Å². The van der Waals surface area contributed by atoms with Crippen molar-refractivity contribution >= 4 is 11.9 Å². The van der Waals surface area contributed by atoms with Crippen LogP contribution in [0.15, 0.2) is 36.7 Å². The fourth-order valence-corrected chi connectivity index (χ4v) is 3.59. The molecule has 0 saturated carbocycles. The second kappa shape index (κ2) is 7.79. The Morgan fingerprint density at radius 1 is 1.04 bits per heavy atom. The fourth-order valence-electron chi connectivity index (χ4n) is 3.59. The van der Waals surface area contributed by atoms with E-state index in [9.17, 15) is 9.90 Å². The summed E-state index contributed by atoms with van der Waals surface area (Å²) < 4.78 is 11.2. The maximum Gasteiger partial charge on any atom is 0.325 e. The highest BCUT2D eigenvalue weighted by atomic mass is 16.6. The number of anilines is 1. The van der Waals surface area contributed by atoms with Gasteiger partial charge in [-0.1, -0.05) is 6.07 Å². The van der Waals surface area contributed by atoms with Gasteiger partial charge in [0, 0.05) is 38.6 Å². The Hall–Kier alpha value is -2.87. The molecule has 4 rings (SSSR count). The average Bonchev–Trinajstić information content (AvgIpc) is 2.95. The molecular formula is C19H22N4O4. The lowest BCUT2D eigenvalue weighted by molar-refractivity contribution is -0.143. The number of benzene rings is 1. The molecule has 2 aliphatic rings. The highest BCUT2D eigenvalue weighted by Crippen LogP contribution is 2.34. The molecule has 142 valence electrons. The number of nitrogens with zero attached hydrogens (tertiary/aromatic N) is 4. The van der Waals surface area contributed by atoms with Gasteiger partial charge in [-0.2, -0.15) is 0 Å². The first-order valence-electron chi connectivity index (χ1n) is 9.11. The molecule has 8 nitrogen and oxygen atoms in total. The summed E-state index contributed by atoms with van der Waals surface area (Å²) in [6.07, 6.45) is 4.28. The lowest BCUT2D eigenvalue weighted by atomic mass is 10.0. The second-order valence-electron chi connectivity index (χ2n) is 6.57. The van der Waals surface area contributed by atoms with Crippen molar-refractivity contribution < 1.29 is 19.4 Å². The van der Waals surface area contributed by atoms with Crippen molar-refractivity contribution in [1.82, 2.24) is 14.9 Å². The third-order valence-electron chi connectivity index (χ3n) is 4.85. The van der Waals surface area contributed by atoms with Crippen LogP contribution in [-0.4, -0.2) is 65.3 Å². The number of carboxylic acid groups (broad SMARTS) is 1. The van der Waals surface area contributed by atoms with Crippen LogP contribution in [0.1, 0.15) is 18.0 Å². The number of hydrogen-bond donors (Lipinski definition) is 1. The molecule has 1 N–H and O–H groups in total. The summed E-state index contributed by atoms with van der Waals surface area (Å²) in [7, 11) is 0. The molecule has 0 bridgehead atoms. The predicted octanol–water partition coefficient (Wildman–Crippen LogP) is 1.59. The lowest BCUT2D eigenvalue weighted by Crippen LogP contribution is -2.37. The molecule has 0 spiro atoms. The summed E-state index contributed by atoms with van der Waals surface area (Å²) >= 11 is 0. The van der Waals surface area contributed by atoms with Gasteiger partial charge in [0.25, 0.3) is 0 Å². The Balaban J connectivity index is 1.53. The van der Waals surface area contributed by atoms with Crippen LogP contribution in [0.25, 0.3) is 0 Å². The normalized spacial score (nSPS) is 18.6. The molecule has 27 heavy (non-hydrogen) atoms. The molecule has 1 fully saturated rings. The average molecular weight is 370 g/mol. The van der Waals surface area contributed by atoms with E-state index >= 15 is 0 Å². The van der Waals surface area contributed by atoms with Gasteiger partial charge in [0.15, 0.2) is 11.5 Å². The van der Waals surface area contributed by atoms with Crippen molar-refractivity contribution in [2.75, 3.05) is 44.3 Å². The van der Waals surface area contributed by atoms with Crippen molar-refractivity contribution in [3.05, 3.63) is 42.2 Å². The molecule has 1 atom stereocenters. The van der Waals surface area contributed by atoms with Crippen LogP contribution in [0.5, 0.6) is 11.5 Å². The van der Waals surface area contributed by atoms with Gasteiger partial charge in [-0.25, -0.2) is 9.97 Å². The van der Waals surface area contributed by atoms with Gasteiger partial charge in [-0.3, -0.25) is 9.69 Å². The summed E-state index contributed by atoms with van der Waals surface area (Å²) in [5.41, 5.74) is 0.705. The van der Waals surface area contributed by atoms with Gasteiger partial charge in [0.2, 0.25) is 5.95 Å². The van der Waals surface area contributed by atoms with E-state index < -0.39 is 12.0 Å². The smallest absolute Gasteiger partial charge is 0.325 e. The summed E-state index contributed by atoms with van der Waals surface area (Å²) in [4.78, 5) is 24.8. The SMILES string of the molecule is O=C(O)[C@H](c1ccc2c(c1)OCCO2)N1CCCN(c2ncccn2)CC1. The Kier molecular flexibility index (Phi) is 5.06. The zero-order valence-corrected chi connectivity index (χ0v) is 15.0. The summed E-state index contributed by atoms with van der Waals surface area (Å²) in [5.74, 6) is 1.10. The Morgan fingerprint density at radius 2 is 1.81 bits per heavy atom. The molecule has 1 aromatic carbocycles. The van der Waals surface area contributed by atoms with Crippen molar-refractivity contribution in [3.8, 4) is 11.5 Å². The molecule has 3 heterocycles. The highest BCUT2D eigenvalue weighted by molar-refractivity contribution is 5.76. The van der Waals surface area contributed by atoms with Crippen LogP contribution in [0, 0.1) is 0 Å². The van der Waals surface area contributed by atoms with E-state index in [4.69, 9.17) is 9.47 Å². The van der Waals surface area contributed by atoms with Crippen LogP contribution < -0.4 is 14.4 Å². The molecular weight excluding hydrogens is 348 g/mol. The van der Waals surface area contributed by atoms with Gasteiger partial charge in [-0.05, 0) is 30.2 Å². The van der Waals surface area contributed by atoms with Crippen molar-refractivity contribution in [2.24, 2.45) is 0 Å². The number of carbonyl (C=O) groups is 1. The second-order valence-corrected chi connectivity index (χ2v) is 6.57. The predicted molar refractivity (Wildman–Crippen MR) is 98.2 cm³/mol. The van der Waals surface area contributed by atoms with E-state index in [2.05, 4.69) is 14.9 Å².